The Bertz CT molecular complexity index is 789. The van der Waals surface area contributed by atoms with E-state index in [1.165, 1.54) is 27.0 Å². The van der Waals surface area contributed by atoms with Gasteiger partial charge in [-0.3, -0.25) is 9.48 Å². The third-order valence-corrected chi connectivity index (χ3v) is 4.97. The molecule has 0 aliphatic carbocycles. The molecule has 0 saturated heterocycles. The molecule has 0 radical (unpaired) electrons. The maximum absolute atomic E-state index is 12.3. The summed E-state index contributed by atoms with van der Waals surface area (Å²) < 4.78 is 33.5. The van der Waals surface area contributed by atoms with Gasteiger partial charge in [0.15, 0.2) is 5.76 Å². The van der Waals surface area contributed by atoms with Gasteiger partial charge in [0.25, 0.3) is 0 Å². The van der Waals surface area contributed by atoms with Crippen LogP contribution in [0.5, 0.6) is 0 Å². The lowest BCUT2D eigenvalue weighted by Crippen LogP contribution is -2.41. The van der Waals surface area contributed by atoms with Gasteiger partial charge >= 0.3 is 0 Å². The second-order valence-corrected chi connectivity index (χ2v) is 6.72. The molecule has 0 aliphatic heterocycles. The molecule has 23 heavy (non-hydrogen) atoms. The van der Waals surface area contributed by atoms with Crippen LogP contribution in [0.3, 0.4) is 0 Å². The van der Waals surface area contributed by atoms with Gasteiger partial charge in [-0.15, -0.1) is 0 Å². The summed E-state index contributed by atoms with van der Waals surface area (Å²) in [7, 11) is -3.90. The molecule has 1 amide bonds. The average Bonchev–Trinajstić information content (AvgIpc) is 3.05. The number of amides is 1. The maximum atomic E-state index is 12.3. The highest BCUT2D eigenvalue weighted by molar-refractivity contribution is 7.89. The van der Waals surface area contributed by atoms with Crippen molar-refractivity contribution >= 4 is 21.6 Å². The minimum Gasteiger partial charge on any atom is -0.360 e. The lowest BCUT2D eigenvalue weighted by Gasteiger charge is -2.13. The van der Waals surface area contributed by atoms with Gasteiger partial charge in [0, 0.05) is 12.7 Å². The first kappa shape index (κ1) is 17.2. The first-order valence-corrected chi connectivity index (χ1v) is 8.51. The van der Waals surface area contributed by atoms with Crippen LogP contribution in [-0.4, -0.2) is 35.3 Å². The van der Waals surface area contributed by atoms with Crippen molar-refractivity contribution in [1.29, 1.82) is 0 Å². The van der Waals surface area contributed by atoms with E-state index in [4.69, 9.17) is 4.52 Å². The zero-order valence-corrected chi connectivity index (χ0v) is 14.1. The summed E-state index contributed by atoms with van der Waals surface area (Å²) in [6.07, 6.45) is 3.16. The molecule has 2 aromatic heterocycles. The Hall–Kier alpha value is -2.20. The Morgan fingerprint density at radius 3 is 2.65 bits per heavy atom. The number of carbonyl (C=O) groups excluding carboxylic acids is 1. The lowest BCUT2D eigenvalue weighted by molar-refractivity contribution is -0.117. The summed E-state index contributed by atoms with van der Waals surface area (Å²) in [4.78, 5) is 12.1. The SMILES string of the molecule is CCn1cc(NC(=O)[C@H](C)NS(=O)(=O)c2c(C)noc2C)cn1. The van der Waals surface area contributed by atoms with Crippen LogP contribution in [0.15, 0.2) is 21.8 Å². The fraction of sp³-hybridized carbons (Fsp3) is 0.462. The number of anilines is 1. The number of sulfonamides is 1. The molecule has 2 heterocycles. The van der Waals surface area contributed by atoms with E-state index in [1.807, 2.05) is 6.92 Å². The van der Waals surface area contributed by atoms with E-state index in [0.29, 0.717) is 12.2 Å². The minimum absolute atomic E-state index is 0.0454. The number of hydrogen-bond acceptors (Lipinski definition) is 6. The maximum Gasteiger partial charge on any atom is 0.246 e. The smallest absolute Gasteiger partial charge is 0.246 e. The van der Waals surface area contributed by atoms with E-state index in [0.717, 1.165) is 0 Å². The molecule has 126 valence electrons. The van der Waals surface area contributed by atoms with Gasteiger partial charge in [0.2, 0.25) is 15.9 Å². The number of rotatable bonds is 6. The summed E-state index contributed by atoms with van der Waals surface area (Å²) in [5.74, 6) is -0.317. The summed E-state index contributed by atoms with van der Waals surface area (Å²) in [5, 5.41) is 10.2. The molecule has 10 heteroatoms. The van der Waals surface area contributed by atoms with Gasteiger partial charge in [-0.1, -0.05) is 5.16 Å². The molecule has 2 rings (SSSR count). The fourth-order valence-corrected chi connectivity index (χ4v) is 3.59. The van der Waals surface area contributed by atoms with Gasteiger partial charge < -0.3 is 9.84 Å². The number of nitrogens with zero attached hydrogens (tertiary/aromatic N) is 3. The third kappa shape index (κ3) is 3.77. The van der Waals surface area contributed by atoms with Crippen molar-refractivity contribution in [2.24, 2.45) is 0 Å². The monoisotopic (exact) mass is 341 g/mol. The van der Waals surface area contributed by atoms with Crippen molar-refractivity contribution in [3.05, 3.63) is 23.8 Å². The van der Waals surface area contributed by atoms with Crippen LogP contribution in [-0.2, 0) is 21.4 Å². The quantitative estimate of drug-likeness (QED) is 0.802. The Labute approximate surface area is 134 Å². The van der Waals surface area contributed by atoms with Gasteiger partial charge in [-0.2, -0.15) is 9.82 Å². The zero-order chi connectivity index (χ0) is 17.2. The Balaban J connectivity index is 2.08. The van der Waals surface area contributed by atoms with Crippen molar-refractivity contribution in [2.45, 2.75) is 45.2 Å². The van der Waals surface area contributed by atoms with Gasteiger partial charge in [-0.25, -0.2) is 8.42 Å². The predicted molar refractivity (Wildman–Crippen MR) is 82.3 cm³/mol. The van der Waals surface area contributed by atoms with E-state index >= 15 is 0 Å². The van der Waals surface area contributed by atoms with Gasteiger partial charge in [0.05, 0.1) is 17.9 Å². The summed E-state index contributed by atoms with van der Waals surface area (Å²) >= 11 is 0. The predicted octanol–water partition coefficient (Wildman–Crippen LogP) is 0.813. The van der Waals surface area contributed by atoms with Crippen LogP contribution in [0.1, 0.15) is 25.3 Å². The van der Waals surface area contributed by atoms with Crippen molar-refractivity contribution in [2.75, 3.05) is 5.32 Å². The van der Waals surface area contributed by atoms with E-state index in [2.05, 4.69) is 20.3 Å². The van der Waals surface area contributed by atoms with Crippen molar-refractivity contribution in [1.82, 2.24) is 19.7 Å². The topological polar surface area (TPSA) is 119 Å². The highest BCUT2D eigenvalue weighted by Gasteiger charge is 2.28. The molecule has 0 aromatic carbocycles. The van der Waals surface area contributed by atoms with Gasteiger partial charge in [0.1, 0.15) is 10.6 Å². The third-order valence-electron chi connectivity index (χ3n) is 3.19. The Morgan fingerprint density at radius 1 is 1.43 bits per heavy atom. The summed E-state index contributed by atoms with van der Waals surface area (Å²) in [6.45, 7) is 7.06. The highest BCUT2D eigenvalue weighted by atomic mass is 32.2. The van der Waals surface area contributed by atoms with E-state index < -0.39 is 22.0 Å². The summed E-state index contributed by atoms with van der Waals surface area (Å²) in [6, 6.07) is -0.973. The standard InChI is InChI=1S/C13H19N5O4S/c1-5-18-7-11(6-14-18)15-13(19)9(3)17-23(20,21)12-8(2)16-22-10(12)4/h6-7,9,17H,5H2,1-4H3,(H,15,19)/t9-/m0/s1. The molecule has 0 aliphatic rings. The second kappa shape index (κ2) is 6.50. The van der Waals surface area contributed by atoms with Crippen LogP contribution in [0.25, 0.3) is 0 Å². The number of nitrogens with one attached hydrogen (secondary N) is 2. The lowest BCUT2D eigenvalue weighted by atomic mass is 10.3. The first-order valence-electron chi connectivity index (χ1n) is 7.03. The summed E-state index contributed by atoms with van der Waals surface area (Å²) in [5.41, 5.74) is 0.743. The Kier molecular flexibility index (Phi) is 4.85. The molecule has 0 spiro atoms. The van der Waals surface area contributed by atoms with Crippen molar-refractivity contribution in [3.8, 4) is 0 Å². The largest absolute Gasteiger partial charge is 0.360 e. The van der Waals surface area contributed by atoms with Gasteiger partial charge in [-0.05, 0) is 27.7 Å². The van der Waals surface area contributed by atoms with Crippen LogP contribution >= 0.6 is 0 Å². The van der Waals surface area contributed by atoms with Crippen molar-refractivity contribution < 1.29 is 17.7 Å². The first-order chi connectivity index (χ1) is 10.7. The molecule has 2 N–H and O–H groups in total. The molecule has 1 atom stereocenters. The van der Waals surface area contributed by atoms with Crippen LogP contribution in [0, 0.1) is 13.8 Å². The molecule has 0 bridgehead atoms. The van der Waals surface area contributed by atoms with Crippen LogP contribution < -0.4 is 10.0 Å². The Morgan fingerprint density at radius 2 is 2.13 bits per heavy atom. The molecule has 9 nitrogen and oxygen atoms in total. The highest BCUT2D eigenvalue weighted by Crippen LogP contribution is 2.19. The molecule has 0 unspecified atom stereocenters. The average molecular weight is 341 g/mol. The zero-order valence-electron chi connectivity index (χ0n) is 13.3. The van der Waals surface area contributed by atoms with E-state index in [-0.39, 0.29) is 16.3 Å². The normalized spacial score (nSPS) is 13.0. The van der Waals surface area contributed by atoms with Crippen LogP contribution in [0.2, 0.25) is 0 Å². The molecular weight excluding hydrogens is 322 g/mol. The molecule has 0 saturated carbocycles. The van der Waals surface area contributed by atoms with E-state index in [9.17, 15) is 13.2 Å². The minimum atomic E-state index is -3.90. The number of aromatic nitrogens is 3. The molecular formula is C13H19N5O4S. The number of carbonyl (C=O) groups is 1. The number of hydrogen-bond donors (Lipinski definition) is 2. The van der Waals surface area contributed by atoms with E-state index in [1.54, 1.807) is 10.9 Å². The number of aryl methyl sites for hydroxylation is 3. The second-order valence-electron chi connectivity index (χ2n) is 5.07. The molecule has 0 fully saturated rings. The van der Waals surface area contributed by atoms with Crippen LogP contribution in [0.4, 0.5) is 5.69 Å². The van der Waals surface area contributed by atoms with Crippen molar-refractivity contribution in [3.63, 3.8) is 0 Å². The fourth-order valence-electron chi connectivity index (χ4n) is 2.06. The molecule has 2 aromatic rings.